The summed E-state index contributed by atoms with van der Waals surface area (Å²) in [5, 5.41) is 7.81. The summed E-state index contributed by atoms with van der Waals surface area (Å²) < 4.78 is 10.8. The predicted octanol–water partition coefficient (Wildman–Crippen LogP) is 1.81. The Bertz CT molecular complexity index is 612. The molecule has 1 aliphatic carbocycles. The van der Waals surface area contributed by atoms with Crippen molar-refractivity contribution in [2.45, 2.75) is 63.8 Å². The fraction of sp³-hybridized carbons (Fsp3) is 0.800. The molecule has 0 spiro atoms. The van der Waals surface area contributed by atoms with Crippen LogP contribution in [-0.4, -0.2) is 73.3 Å². The van der Waals surface area contributed by atoms with Crippen molar-refractivity contribution in [3.63, 3.8) is 0 Å². The smallest absolute Gasteiger partial charge is 0.225 e. The molecule has 2 aliphatic rings. The second kappa shape index (κ2) is 9.17. The molecule has 3 atom stereocenters. The standard InChI is InChI=1S/C20H34N4O3/c1-14-11-17(22-27-14)13-24(3)20(25)15-5-6-19(26-4)18(12-15)21-16-7-9-23(2)10-8-16/h11,15-16,18-19,21H,5-10,12-13H2,1-4H3/t15-,18+,19+/m0/s1. The Labute approximate surface area is 162 Å². The number of methoxy groups -OCH3 is 1. The number of piperidine rings is 1. The average Bonchev–Trinajstić information content (AvgIpc) is 3.07. The van der Waals surface area contributed by atoms with Gasteiger partial charge in [0.1, 0.15) is 11.5 Å². The van der Waals surface area contributed by atoms with Gasteiger partial charge < -0.3 is 24.4 Å². The van der Waals surface area contributed by atoms with Gasteiger partial charge in [0.05, 0.1) is 12.6 Å². The van der Waals surface area contributed by atoms with E-state index in [1.807, 2.05) is 20.0 Å². The molecule has 152 valence electrons. The molecule has 0 aromatic carbocycles. The summed E-state index contributed by atoms with van der Waals surface area (Å²) in [7, 11) is 5.82. The third kappa shape index (κ3) is 5.30. The van der Waals surface area contributed by atoms with Crippen LogP contribution in [0.1, 0.15) is 43.6 Å². The van der Waals surface area contributed by atoms with E-state index in [1.165, 1.54) is 0 Å². The van der Waals surface area contributed by atoms with Crippen LogP contribution in [0.2, 0.25) is 0 Å². The van der Waals surface area contributed by atoms with Gasteiger partial charge in [0.25, 0.3) is 0 Å². The van der Waals surface area contributed by atoms with E-state index < -0.39 is 0 Å². The van der Waals surface area contributed by atoms with E-state index in [0.717, 1.165) is 56.6 Å². The quantitative estimate of drug-likeness (QED) is 0.814. The minimum atomic E-state index is 0.0400. The first-order valence-electron chi connectivity index (χ1n) is 10.1. The van der Waals surface area contributed by atoms with E-state index in [0.29, 0.717) is 12.6 Å². The van der Waals surface area contributed by atoms with Crippen molar-refractivity contribution in [3.8, 4) is 0 Å². The second-order valence-electron chi connectivity index (χ2n) is 8.26. The molecule has 0 radical (unpaired) electrons. The van der Waals surface area contributed by atoms with Crippen molar-refractivity contribution in [2.24, 2.45) is 5.92 Å². The van der Waals surface area contributed by atoms with Crippen molar-refractivity contribution >= 4 is 5.91 Å². The van der Waals surface area contributed by atoms with Crippen LogP contribution in [0, 0.1) is 12.8 Å². The molecule has 0 unspecified atom stereocenters. The van der Waals surface area contributed by atoms with Crippen LogP contribution in [0.3, 0.4) is 0 Å². The Morgan fingerprint density at radius 1 is 1.37 bits per heavy atom. The van der Waals surface area contributed by atoms with Gasteiger partial charge in [-0.15, -0.1) is 0 Å². The monoisotopic (exact) mass is 378 g/mol. The normalized spacial score (nSPS) is 27.6. The molecule has 1 aromatic rings. The van der Waals surface area contributed by atoms with E-state index in [2.05, 4.69) is 22.4 Å². The van der Waals surface area contributed by atoms with Gasteiger partial charge >= 0.3 is 0 Å². The van der Waals surface area contributed by atoms with Crippen LogP contribution in [0.4, 0.5) is 0 Å². The summed E-state index contributed by atoms with van der Waals surface area (Å²) in [5.74, 6) is 1.01. The number of rotatable bonds is 6. The van der Waals surface area contributed by atoms with Gasteiger partial charge in [-0.3, -0.25) is 4.79 Å². The topological polar surface area (TPSA) is 70.8 Å². The zero-order chi connectivity index (χ0) is 19.4. The highest BCUT2D eigenvalue weighted by Crippen LogP contribution is 2.29. The van der Waals surface area contributed by atoms with Gasteiger partial charge in [0.2, 0.25) is 5.91 Å². The molecule has 2 heterocycles. The van der Waals surface area contributed by atoms with Crippen LogP contribution in [0.25, 0.3) is 0 Å². The van der Waals surface area contributed by atoms with Crippen LogP contribution in [0.5, 0.6) is 0 Å². The summed E-state index contributed by atoms with van der Waals surface area (Å²) in [5.41, 5.74) is 0.801. The van der Waals surface area contributed by atoms with E-state index in [4.69, 9.17) is 9.26 Å². The molecule has 1 amide bonds. The summed E-state index contributed by atoms with van der Waals surface area (Å²) in [6.45, 7) is 4.62. The Balaban J connectivity index is 1.56. The van der Waals surface area contributed by atoms with Crippen molar-refractivity contribution in [1.29, 1.82) is 0 Å². The largest absolute Gasteiger partial charge is 0.380 e. The molecule has 1 aromatic heterocycles. The molecule has 7 heteroatoms. The highest BCUT2D eigenvalue weighted by molar-refractivity contribution is 5.78. The number of aryl methyl sites for hydroxylation is 1. The van der Waals surface area contributed by atoms with Gasteiger partial charge in [0, 0.05) is 38.2 Å². The second-order valence-corrected chi connectivity index (χ2v) is 8.26. The number of nitrogens with zero attached hydrogens (tertiary/aromatic N) is 3. The first-order valence-corrected chi connectivity index (χ1v) is 10.1. The molecule has 7 nitrogen and oxygen atoms in total. The lowest BCUT2D eigenvalue weighted by atomic mass is 9.82. The maximum atomic E-state index is 13.0. The number of ether oxygens (including phenoxy) is 1. The predicted molar refractivity (Wildman–Crippen MR) is 103 cm³/mol. The van der Waals surface area contributed by atoms with Crippen LogP contribution in [-0.2, 0) is 16.1 Å². The fourth-order valence-electron chi connectivity index (χ4n) is 4.43. The molecule has 1 saturated carbocycles. The van der Waals surface area contributed by atoms with E-state index in [9.17, 15) is 4.79 Å². The van der Waals surface area contributed by atoms with Crippen molar-refractivity contribution in [1.82, 2.24) is 20.3 Å². The number of carbonyl (C=O) groups excluding carboxylic acids is 1. The van der Waals surface area contributed by atoms with Gasteiger partial charge in [-0.05, 0) is 59.2 Å². The lowest BCUT2D eigenvalue weighted by Gasteiger charge is -2.40. The fourth-order valence-corrected chi connectivity index (χ4v) is 4.43. The Morgan fingerprint density at radius 3 is 2.74 bits per heavy atom. The van der Waals surface area contributed by atoms with Crippen LogP contribution in [0.15, 0.2) is 10.6 Å². The van der Waals surface area contributed by atoms with Gasteiger partial charge in [0.15, 0.2) is 0 Å². The lowest BCUT2D eigenvalue weighted by Crippen LogP contribution is -2.53. The number of likely N-dealkylation sites (tertiary alicyclic amines) is 1. The zero-order valence-electron chi connectivity index (χ0n) is 17.1. The molecule has 0 bridgehead atoms. The minimum absolute atomic E-state index is 0.0400. The number of carbonyl (C=O) groups is 1. The molecule has 27 heavy (non-hydrogen) atoms. The molecule has 3 rings (SSSR count). The highest BCUT2D eigenvalue weighted by Gasteiger charge is 2.36. The van der Waals surface area contributed by atoms with Gasteiger partial charge in [-0.1, -0.05) is 5.16 Å². The lowest BCUT2D eigenvalue weighted by molar-refractivity contribution is -0.137. The maximum Gasteiger partial charge on any atom is 0.225 e. The zero-order valence-corrected chi connectivity index (χ0v) is 17.1. The van der Waals surface area contributed by atoms with Crippen LogP contribution >= 0.6 is 0 Å². The number of hydrogen-bond donors (Lipinski definition) is 1. The molecule has 1 saturated heterocycles. The first-order chi connectivity index (χ1) is 13.0. The summed E-state index contributed by atoms with van der Waals surface area (Å²) in [4.78, 5) is 17.1. The summed E-state index contributed by atoms with van der Waals surface area (Å²) in [6.07, 6.45) is 5.16. The van der Waals surface area contributed by atoms with Gasteiger partial charge in [-0.2, -0.15) is 0 Å². The van der Waals surface area contributed by atoms with Crippen molar-refractivity contribution in [3.05, 3.63) is 17.5 Å². The third-order valence-electron chi connectivity index (χ3n) is 6.06. The van der Waals surface area contributed by atoms with E-state index >= 15 is 0 Å². The minimum Gasteiger partial charge on any atom is -0.380 e. The number of nitrogens with one attached hydrogen (secondary N) is 1. The maximum absolute atomic E-state index is 13.0. The Hall–Kier alpha value is -1.44. The third-order valence-corrected chi connectivity index (χ3v) is 6.06. The SMILES string of the molecule is CO[C@@H]1CC[C@H](C(=O)N(C)Cc2cc(C)on2)C[C@H]1NC1CCN(C)CC1. The number of amides is 1. The van der Waals surface area contributed by atoms with E-state index in [-0.39, 0.29) is 24.0 Å². The summed E-state index contributed by atoms with van der Waals surface area (Å²) in [6, 6.07) is 2.65. The van der Waals surface area contributed by atoms with Gasteiger partial charge in [-0.25, -0.2) is 0 Å². The Kier molecular flexibility index (Phi) is 6.89. The summed E-state index contributed by atoms with van der Waals surface area (Å²) >= 11 is 0. The Morgan fingerprint density at radius 2 is 2.11 bits per heavy atom. The van der Waals surface area contributed by atoms with E-state index in [1.54, 1.807) is 12.0 Å². The molecular weight excluding hydrogens is 344 g/mol. The highest BCUT2D eigenvalue weighted by atomic mass is 16.5. The van der Waals surface area contributed by atoms with Crippen LogP contribution < -0.4 is 5.32 Å². The van der Waals surface area contributed by atoms with Crippen molar-refractivity contribution < 1.29 is 14.1 Å². The average molecular weight is 379 g/mol. The van der Waals surface area contributed by atoms with Crippen molar-refractivity contribution in [2.75, 3.05) is 34.3 Å². The molecule has 1 N–H and O–H groups in total. The number of hydrogen-bond acceptors (Lipinski definition) is 6. The first kappa shape index (κ1) is 20.3. The number of aromatic nitrogens is 1. The molecule has 2 fully saturated rings. The molecule has 1 aliphatic heterocycles. The molecular formula is C20H34N4O3.